The molecule has 0 spiro atoms. The monoisotopic (exact) mass is 517 g/mol. The molecule has 2 aliphatic rings. The third kappa shape index (κ3) is 4.34. The highest BCUT2D eigenvalue weighted by molar-refractivity contribution is 6.35. The molecule has 2 amide bonds. The quantitative estimate of drug-likeness (QED) is 0.554. The van der Waals surface area contributed by atoms with E-state index in [-0.39, 0.29) is 29.0 Å². The van der Waals surface area contributed by atoms with E-state index in [2.05, 4.69) is 15.4 Å². The van der Waals surface area contributed by atoms with Gasteiger partial charge in [0.2, 0.25) is 5.88 Å². The second kappa shape index (κ2) is 9.38. The summed E-state index contributed by atoms with van der Waals surface area (Å²) in [6, 6.07) is 4.45. The number of pyridine rings is 1. The Hall–Kier alpha value is -3.73. The number of aryl methyl sites for hydroxylation is 1. The highest BCUT2D eigenvalue weighted by Crippen LogP contribution is 2.37. The fourth-order valence-corrected chi connectivity index (χ4v) is 4.86. The minimum Gasteiger partial charge on any atom is -0.473 e. The number of carbonyl (C=O) groups excluding carboxylic acids is 2. The largest absolute Gasteiger partial charge is 0.473 e. The van der Waals surface area contributed by atoms with Gasteiger partial charge in [0.15, 0.2) is 6.10 Å². The van der Waals surface area contributed by atoms with Crippen molar-refractivity contribution in [3.8, 4) is 17.1 Å². The second-order valence-corrected chi connectivity index (χ2v) is 8.99. The number of ether oxygens (including phenoxy) is 2. The van der Waals surface area contributed by atoms with Crippen molar-refractivity contribution in [3.63, 3.8) is 0 Å². The van der Waals surface area contributed by atoms with Gasteiger partial charge >= 0.3 is 6.09 Å². The number of hydrogen-bond donors (Lipinski definition) is 1. The number of carbonyl (C=O) groups is 2. The van der Waals surface area contributed by atoms with E-state index in [4.69, 9.17) is 21.1 Å². The zero-order chi connectivity index (χ0) is 25.6. The van der Waals surface area contributed by atoms with Crippen LogP contribution in [0.1, 0.15) is 34.6 Å². The van der Waals surface area contributed by atoms with Crippen LogP contribution in [0.3, 0.4) is 0 Å². The normalized spacial score (nSPS) is 19.0. The highest BCUT2D eigenvalue weighted by atomic mass is 35.5. The van der Waals surface area contributed by atoms with Crippen LogP contribution in [0.5, 0.6) is 5.88 Å². The Morgan fingerprint density at radius 1 is 1.31 bits per heavy atom. The Bertz CT molecular complexity index is 1340. The van der Waals surface area contributed by atoms with Crippen LogP contribution in [0.15, 0.2) is 30.5 Å². The van der Waals surface area contributed by atoms with Gasteiger partial charge in [-0.1, -0.05) is 11.6 Å². The molecule has 4 heterocycles. The van der Waals surface area contributed by atoms with Crippen LogP contribution in [0, 0.1) is 11.6 Å². The Kier molecular flexibility index (Phi) is 6.25. The predicted octanol–water partition coefficient (Wildman–Crippen LogP) is 3.66. The van der Waals surface area contributed by atoms with Crippen LogP contribution in [-0.2, 0) is 18.2 Å². The van der Waals surface area contributed by atoms with Crippen LogP contribution in [0.2, 0.25) is 5.02 Å². The molecular formula is C24H22ClF2N5O4. The number of nitrogens with zero attached hydrogens (tertiary/aromatic N) is 4. The number of benzene rings is 1. The molecule has 1 N–H and O–H groups in total. The molecule has 2 aromatic heterocycles. The number of rotatable bonds is 5. The summed E-state index contributed by atoms with van der Waals surface area (Å²) < 4.78 is 40.0. The van der Waals surface area contributed by atoms with E-state index in [9.17, 15) is 18.4 Å². The first kappa shape index (κ1) is 24.0. The Balaban J connectivity index is 1.38. The van der Waals surface area contributed by atoms with E-state index in [1.54, 1.807) is 16.6 Å². The molecule has 2 unspecified atom stereocenters. The maximum absolute atomic E-state index is 13.9. The van der Waals surface area contributed by atoms with Crippen LogP contribution >= 0.6 is 11.6 Å². The van der Waals surface area contributed by atoms with Crippen molar-refractivity contribution in [2.75, 3.05) is 19.7 Å². The Labute approximate surface area is 210 Å². The molecule has 1 fully saturated rings. The molecule has 12 heteroatoms. The molecule has 36 heavy (non-hydrogen) atoms. The average molecular weight is 518 g/mol. The van der Waals surface area contributed by atoms with Gasteiger partial charge in [-0.25, -0.2) is 18.6 Å². The molecule has 0 aliphatic carbocycles. The van der Waals surface area contributed by atoms with Gasteiger partial charge in [0.1, 0.15) is 23.3 Å². The third-order valence-corrected chi connectivity index (χ3v) is 6.65. The van der Waals surface area contributed by atoms with Crippen molar-refractivity contribution in [1.29, 1.82) is 0 Å². The van der Waals surface area contributed by atoms with Crippen LogP contribution in [0.25, 0.3) is 11.3 Å². The van der Waals surface area contributed by atoms with Crippen molar-refractivity contribution in [2.24, 2.45) is 7.05 Å². The number of nitrogens with one attached hydrogen (secondary N) is 1. The summed E-state index contributed by atoms with van der Waals surface area (Å²) in [5, 5.41) is 7.15. The number of hydrogen-bond acceptors (Lipinski definition) is 6. The van der Waals surface area contributed by atoms with Gasteiger partial charge in [-0.05, 0) is 31.5 Å². The van der Waals surface area contributed by atoms with Gasteiger partial charge < -0.3 is 19.7 Å². The molecule has 0 radical (unpaired) electrons. The molecule has 0 saturated carbocycles. The summed E-state index contributed by atoms with van der Waals surface area (Å²) in [4.78, 5) is 30.4. The number of alkyl carbamates (subject to hydrolysis) is 1. The average Bonchev–Trinajstić information content (AvgIpc) is 3.40. The van der Waals surface area contributed by atoms with Crippen molar-refractivity contribution in [1.82, 2.24) is 25.0 Å². The molecular weight excluding hydrogens is 496 g/mol. The third-order valence-electron chi connectivity index (χ3n) is 6.28. The predicted molar refractivity (Wildman–Crippen MR) is 125 cm³/mol. The number of halogens is 3. The first-order valence-electron chi connectivity index (χ1n) is 11.3. The maximum atomic E-state index is 13.9. The van der Waals surface area contributed by atoms with Crippen molar-refractivity contribution in [2.45, 2.75) is 25.5 Å². The molecule has 5 rings (SSSR count). The minimum absolute atomic E-state index is 0.0317. The van der Waals surface area contributed by atoms with E-state index < -0.39 is 29.9 Å². The fraction of sp³-hybridized carbons (Fsp3) is 0.333. The zero-order valence-electron chi connectivity index (χ0n) is 19.4. The first-order chi connectivity index (χ1) is 17.2. The number of amides is 2. The lowest BCUT2D eigenvalue weighted by atomic mass is 9.95. The van der Waals surface area contributed by atoms with Gasteiger partial charge in [0, 0.05) is 37.0 Å². The molecule has 3 aromatic rings. The van der Waals surface area contributed by atoms with Gasteiger partial charge in [-0.3, -0.25) is 9.48 Å². The molecule has 9 nitrogen and oxygen atoms in total. The SMILES string of the molecule is CC1c2nn(C)c(-c3cc(F)cc(F)c3)c2CCN1C(=O)c1ccnc(OCC2CNC(=O)O2)c1Cl. The Morgan fingerprint density at radius 3 is 2.75 bits per heavy atom. The first-order valence-corrected chi connectivity index (χ1v) is 11.7. The van der Waals surface area contributed by atoms with Crippen LogP contribution in [0.4, 0.5) is 13.6 Å². The van der Waals surface area contributed by atoms with Gasteiger partial charge in [-0.2, -0.15) is 5.10 Å². The lowest BCUT2D eigenvalue weighted by molar-refractivity contribution is 0.0673. The van der Waals surface area contributed by atoms with E-state index in [1.807, 2.05) is 6.92 Å². The van der Waals surface area contributed by atoms with Gasteiger partial charge in [-0.15, -0.1) is 0 Å². The zero-order valence-corrected chi connectivity index (χ0v) is 20.2. The molecule has 188 valence electrons. The molecule has 1 aromatic carbocycles. The summed E-state index contributed by atoms with van der Waals surface area (Å²) in [6.07, 6.45) is 0.856. The topological polar surface area (TPSA) is 98.6 Å². The van der Waals surface area contributed by atoms with E-state index in [1.165, 1.54) is 24.4 Å². The van der Waals surface area contributed by atoms with Crippen LogP contribution < -0.4 is 10.1 Å². The summed E-state index contributed by atoms with van der Waals surface area (Å²) in [5.41, 5.74) is 2.69. The standard InChI is InChI=1S/C24H22ClF2N5O4/c1-12-20-18(21(31(2)30-20)13-7-14(26)9-15(27)8-13)4-6-32(12)23(33)17-3-5-28-22(19(17)25)35-11-16-10-29-24(34)36-16/h3,5,7-9,12,16H,4,6,10-11H2,1-2H3,(H,29,34). The smallest absolute Gasteiger partial charge is 0.407 e. The van der Waals surface area contributed by atoms with E-state index >= 15 is 0 Å². The minimum atomic E-state index is -0.673. The summed E-state index contributed by atoms with van der Waals surface area (Å²) in [6.45, 7) is 2.52. The lowest BCUT2D eigenvalue weighted by Gasteiger charge is -2.33. The number of aromatic nitrogens is 3. The summed E-state index contributed by atoms with van der Waals surface area (Å²) >= 11 is 6.47. The summed E-state index contributed by atoms with van der Waals surface area (Å²) in [5.74, 6) is -1.62. The Morgan fingerprint density at radius 2 is 2.06 bits per heavy atom. The number of cyclic esters (lactones) is 1. The van der Waals surface area contributed by atoms with Gasteiger partial charge in [0.05, 0.1) is 29.5 Å². The molecule has 2 aliphatic heterocycles. The highest BCUT2D eigenvalue weighted by Gasteiger charge is 2.34. The van der Waals surface area contributed by atoms with Crippen molar-refractivity contribution in [3.05, 3.63) is 63.9 Å². The lowest BCUT2D eigenvalue weighted by Crippen LogP contribution is -2.39. The van der Waals surface area contributed by atoms with E-state index in [0.29, 0.717) is 36.5 Å². The fourth-order valence-electron chi connectivity index (χ4n) is 4.62. The van der Waals surface area contributed by atoms with E-state index in [0.717, 1.165) is 11.6 Å². The van der Waals surface area contributed by atoms with Gasteiger partial charge in [0.25, 0.3) is 5.91 Å². The summed E-state index contributed by atoms with van der Waals surface area (Å²) in [7, 11) is 1.70. The molecule has 0 bridgehead atoms. The second-order valence-electron chi connectivity index (χ2n) is 8.62. The molecule has 1 saturated heterocycles. The maximum Gasteiger partial charge on any atom is 0.407 e. The van der Waals surface area contributed by atoms with Crippen LogP contribution in [-0.4, -0.2) is 57.5 Å². The number of fused-ring (bicyclic) bond motifs is 1. The molecule has 2 atom stereocenters. The van der Waals surface area contributed by atoms with Crippen molar-refractivity contribution < 1.29 is 27.8 Å². The van der Waals surface area contributed by atoms with Crippen molar-refractivity contribution >= 4 is 23.6 Å².